The molecule has 0 spiro atoms. The second-order valence-corrected chi connectivity index (χ2v) is 7.05. The van der Waals surface area contributed by atoms with Crippen molar-refractivity contribution >= 4 is 5.91 Å². The summed E-state index contributed by atoms with van der Waals surface area (Å²) in [7, 11) is 3.03. The molecule has 0 N–H and O–H groups in total. The van der Waals surface area contributed by atoms with E-state index in [2.05, 4.69) is 15.1 Å². The van der Waals surface area contributed by atoms with Crippen molar-refractivity contribution in [2.24, 2.45) is 5.92 Å². The topological polar surface area (TPSA) is 90.6 Å². The molecule has 146 valence electrons. The van der Waals surface area contributed by atoms with E-state index in [4.69, 9.17) is 14.0 Å². The molecule has 3 heterocycles. The molecule has 0 radical (unpaired) electrons. The fourth-order valence-corrected chi connectivity index (χ4v) is 3.20. The predicted octanol–water partition coefficient (Wildman–Crippen LogP) is 2.70. The molecule has 0 atom stereocenters. The van der Waals surface area contributed by atoms with Crippen LogP contribution in [0.1, 0.15) is 54.7 Å². The lowest BCUT2D eigenvalue weighted by molar-refractivity contribution is 0.0683. The van der Waals surface area contributed by atoms with Gasteiger partial charge in [0.15, 0.2) is 5.82 Å². The number of nitrogens with zero attached hydrogens (tertiary/aromatic N) is 4. The van der Waals surface area contributed by atoms with Gasteiger partial charge in [-0.25, -0.2) is 0 Å². The second kappa shape index (κ2) is 8.37. The molecule has 0 aromatic carbocycles. The number of likely N-dealkylation sites (tertiary alicyclic amines) is 1. The summed E-state index contributed by atoms with van der Waals surface area (Å²) in [4.78, 5) is 23.3. The molecule has 1 fully saturated rings. The third kappa shape index (κ3) is 4.37. The van der Waals surface area contributed by atoms with E-state index in [0.717, 1.165) is 25.1 Å². The number of rotatable bonds is 6. The highest BCUT2D eigenvalue weighted by molar-refractivity contribution is 5.96. The van der Waals surface area contributed by atoms with Crippen LogP contribution in [0.15, 0.2) is 16.7 Å². The summed E-state index contributed by atoms with van der Waals surface area (Å²) < 4.78 is 15.7. The normalized spacial score (nSPS) is 15.2. The summed E-state index contributed by atoms with van der Waals surface area (Å²) >= 11 is 0. The number of aromatic nitrogens is 3. The van der Waals surface area contributed by atoms with Crippen LogP contribution in [-0.4, -0.2) is 53.2 Å². The maximum atomic E-state index is 12.8. The van der Waals surface area contributed by atoms with Crippen LogP contribution >= 0.6 is 0 Å². The average Bonchev–Trinajstić information content (AvgIpc) is 3.16. The fourth-order valence-electron chi connectivity index (χ4n) is 3.20. The zero-order valence-corrected chi connectivity index (χ0v) is 16.3. The number of pyridine rings is 1. The molecule has 8 nitrogen and oxygen atoms in total. The van der Waals surface area contributed by atoms with Gasteiger partial charge >= 0.3 is 0 Å². The fraction of sp³-hybridized carbons (Fsp3) is 0.579. The van der Waals surface area contributed by atoms with Crippen LogP contribution in [0, 0.1) is 5.92 Å². The van der Waals surface area contributed by atoms with E-state index >= 15 is 0 Å². The monoisotopic (exact) mass is 374 g/mol. The summed E-state index contributed by atoms with van der Waals surface area (Å²) in [6.45, 7) is 5.45. The highest BCUT2D eigenvalue weighted by Crippen LogP contribution is 2.26. The van der Waals surface area contributed by atoms with E-state index < -0.39 is 0 Å². The van der Waals surface area contributed by atoms with Crippen molar-refractivity contribution in [3.05, 3.63) is 29.4 Å². The Hall–Kier alpha value is -2.64. The molecule has 0 aliphatic carbocycles. The zero-order valence-electron chi connectivity index (χ0n) is 16.3. The number of hydrogen-bond acceptors (Lipinski definition) is 7. The number of ether oxygens (including phenoxy) is 2. The quantitative estimate of drug-likeness (QED) is 0.768. The van der Waals surface area contributed by atoms with E-state index in [9.17, 15) is 4.79 Å². The number of carbonyl (C=O) groups excluding carboxylic acids is 1. The minimum absolute atomic E-state index is 0.0691. The Morgan fingerprint density at radius 1 is 1.22 bits per heavy atom. The van der Waals surface area contributed by atoms with Crippen LogP contribution < -0.4 is 9.47 Å². The Morgan fingerprint density at radius 3 is 2.56 bits per heavy atom. The third-order valence-corrected chi connectivity index (χ3v) is 4.83. The third-order valence-electron chi connectivity index (χ3n) is 4.83. The van der Waals surface area contributed by atoms with Crippen molar-refractivity contribution < 1.29 is 18.8 Å². The molecule has 8 heteroatoms. The molecular formula is C19H26N4O4. The first-order chi connectivity index (χ1) is 13.0. The molecule has 1 aliphatic rings. The standard InChI is InChI=1S/C19H26N4O4/c1-12(2)17-20-16(27-22-17)11-13-7-9-23(10-8-13)19(24)14-5-6-15(25-3)21-18(14)26-4/h5-6,12-13H,7-11H2,1-4H3. The SMILES string of the molecule is COc1ccc(C(=O)N2CCC(Cc3nc(C(C)C)no3)CC2)c(OC)n1. The van der Waals surface area contributed by atoms with Gasteiger partial charge in [-0.05, 0) is 24.8 Å². The lowest BCUT2D eigenvalue weighted by Crippen LogP contribution is -2.39. The van der Waals surface area contributed by atoms with Gasteiger partial charge < -0.3 is 18.9 Å². The number of carbonyl (C=O) groups is 1. The average molecular weight is 374 g/mol. The van der Waals surface area contributed by atoms with Gasteiger partial charge in [0.1, 0.15) is 5.56 Å². The molecule has 0 unspecified atom stereocenters. The number of methoxy groups -OCH3 is 2. The van der Waals surface area contributed by atoms with Crippen molar-refractivity contribution in [2.75, 3.05) is 27.3 Å². The molecule has 0 saturated carbocycles. The van der Waals surface area contributed by atoms with Gasteiger partial charge in [0.05, 0.1) is 14.2 Å². The van der Waals surface area contributed by atoms with E-state index in [1.165, 1.54) is 14.2 Å². The largest absolute Gasteiger partial charge is 0.481 e. The van der Waals surface area contributed by atoms with Gasteiger partial charge in [-0.15, -0.1) is 0 Å². The molecule has 2 aromatic rings. The Balaban J connectivity index is 1.59. The highest BCUT2D eigenvalue weighted by Gasteiger charge is 2.27. The highest BCUT2D eigenvalue weighted by atomic mass is 16.5. The van der Waals surface area contributed by atoms with Crippen molar-refractivity contribution in [1.29, 1.82) is 0 Å². The van der Waals surface area contributed by atoms with E-state index in [1.807, 2.05) is 18.7 Å². The summed E-state index contributed by atoms with van der Waals surface area (Å²) in [5.41, 5.74) is 0.454. The first-order valence-corrected chi connectivity index (χ1v) is 9.22. The van der Waals surface area contributed by atoms with Crippen LogP contribution in [0.4, 0.5) is 0 Å². The molecule has 1 saturated heterocycles. The summed E-state index contributed by atoms with van der Waals surface area (Å²) in [5.74, 6) is 2.76. The van der Waals surface area contributed by atoms with Crippen LogP contribution in [0.2, 0.25) is 0 Å². The summed E-state index contributed by atoms with van der Waals surface area (Å²) in [6, 6.07) is 3.37. The first-order valence-electron chi connectivity index (χ1n) is 9.22. The van der Waals surface area contributed by atoms with Crippen LogP contribution in [0.3, 0.4) is 0 Å². The Morgan fingerprint density at radius 2 is 1.96 bits per heavy atom. The van der Waals surface area contributed by atoms with Crippen molar-refractivity contribution in [3.8, 4) is 11.8 Å². The minimum Gasteiger partial charge on any atom is -0.481 e. The zero-order chi connectivity index (χ0) is 19.4. The number of hydrogen-bond donors (Lipinski definition) is 0. The molecule has 2 aromatic heterocycles. The van der Waals surface area contributed by atoms with Gasteiger partial charge in [-0.1, -0.05) is 19.0 Å². The van der Waals surface area contributed by atoms with Crippen molar-refractivity contribution in [2.45, 2.75) is 39.0 Å². The van der Waals surface area contributed by atoms with Crippen molar-refractivity contribution in [1.82, 2.24) is 20.0 Å². The lowest BCUT2D eigenvalue weighted by atomic mass is 9.93. The summed E-state index contributed by atoms with van der Waals surface area (Å²) in [6.07, 6.45) is 2.56. The number of piperidine rings is 1. The molecule has 0 bridgehead atoms. The van der Waals surface area contributed by atoms with Crippen LogP contribution in [0.25, 0.3) is 0 Å². The Kier molecular flexibility index (Phi) is 5.93. The van der Waals surface area contributed by atoms with E-state index in [1.54, 1.807) is 12.1 Å². The molecule has 27 heavy (non-hydrogen) atoms. The molecular weight excluding hydrogens is 348 g/mol. The maximum Gasteiger partial charge on any atom is 0.259 e. The second-order valence-electron chi connectivity index (χ2n) is 7.05. The predicted molar refractivity (Wildman–Crippen MR) is 98.1 cm³/mol. The Bertz CT molecular complexity index is 782. The van der Waals surface area contributed by atoms with E-state index in [-0.39, 0.29) is 17.7 Å². The van der Waals surface area contributed by atoms with Gasteiger partial charge in [-0.2, -0.15) is 9.97 Å². The maximum absolute atomic E-state index is 12.8. The Labute approximate surface area is 158 Å². The van der Waals surface area contributed by atoms with Crippen molar-refractivity contribution in [3.63, 3.8) is 0 Å². The van der Waals surface area contributed by atoms with Crippen LogP contribution in [0.5, 0.6) is 11.8 Å². The van der Waals surface area contributed by atoms with Gasteiger partial charge in [0.2, 0.25) is 17.7 Å². The smallest absolute Gasteiger partial charge is 0.259 e. The molecule has 1 amide bonds. The van der Waals surface area contributed by atoms with Crippen LogP contribution in [-0.2, 0) is 6.42 Å². The van der Waals surface area contributed by atoms with Gasteiger partial charge in [0.25, 0.3) is 5.91 Å². The molecule has 3 rings (SSSR count). The van der Waals surface area contributed by atoms with E-state index in [0.29, 0.717) is 36.3 Å². The minimum atomic E-state index is -0.0691. The molecule has 1 aliphatic heterocycles. The van der Waals surface area contributed by atoms with Gasteiger partial charge in [-0.3, -0.25) is 4.79 Å². The summed E-state index contributed by atoms with van der Waals surface area (Å²) in [5, 5.41) is 4.02. The van der Waals surface area contributed by atoms with Gasteiger partial charge in [0, 0.05) is 31.5 Å². The number of amides is 1. The first kappa shape index (κ1) is 19.1. The lowest BCUT2D eigenvalue weighted by Gasteiger charge is -2.31.